The van der Waals surface area contributed by atoms with Crippen LogP contribution in [0.4, 0.5) is 57.1 Å². The maximum atomic E-state index is 14.2. The van der Waals surface area contributed by atoms with Gasteiger partial charge < -0.3 is 0 Å². The molecule has 1 saturated carbocycles. The lowest BCUT2D eigenvalue weighted by atomic mass is 9.73. The van der Waals surface area contributed by atoms with Crippen molar-refractivity contribution in [3.8, 4) is 0 Å². The standard InChI is InChI=1S/C13H12F13I/c1-7(27)5-3-2-4-6(7)8(14,15)9(16,17)10(18,19)11(20,21)12(22,23)13(24,25)26/h6H,2-5H2,1H3. The Balaban J connectivity index is 3.50. The van der Waals surface area contributed by atoms with E-state index in [1.807, 2.05) is 0 Å². The van der Waals surface area contributed by atoms with Gasteiger partial charge in [0, 0.05) is 9.34 Å². The molecule has 0 nitrogen and oxygen atoms in total. The Morgan fingerprint density at radius 1 is 0.667 bits per heavy atom. The Bertz CT molecular complexity index is 549. The highest BCUT2D eigenvalue weighted by Crippen LogP contribution is 2.63. The molecular weight excluding hydrogens is 530 g/mol. The summed E-state index contributed by atoms with van der Waals surface area (Å²) in [4.78, 5) is 0. The molecule has 0 heterocycles. The first-order valence-electron chi connectivity index (χ1n) is 7.23. The molecule has 1 rings (SSSR count). The molecule has 2 unspecified atom stereocenters. The zero-order chi connectivity index (χ0) is 21.9. The summed E-state index contributed by atoms with van der Waals surface area (Å²) in [6.07, 6.45) is -8.37. The summed E-state index contributed by atoms with van der Waals surface area (Å²) >= 11 is 1.22. The first-order valence-corrected chi connectivity index (χ1v) is 8.31. The SMILES string of the molecule is CC1(I)CCCCC1C(F)(F)C(F)(F)C(F)(F)C(F)(F)C(F)(F)C(F)(F)F. The Hall–Kier alpha value is -0.180. The Kier molecular flexibility index (Phi) is 6.14. The fraction of sp³-hybridized carbons (Fsp3) is 1.00. The van der Waals surface area contributed by atoms with Crippen LogP contribution in [0.15, 0.2) is 0 Å². The summed E-state index contributed by atoms with van der Waals surface area (Å²) in [6, 6.07) is 0. The molecule has 0 amide bonds. The molecule has 0 spiro atoms. The Labute approximate surface area is 158 Å². The zero-order valence-corrected chi connectivity index (χ0v) is 15.4. The van der Waals surface area contributed by atoms with E-state index in [4.69, 9.17) is 0 Å². The number of alkyl halides is 14. The largest absolute Gasteiger partial charge is 0.460 e. The first-order chi connectivity index (χ1) is 11.6. The molecule has 0 saturated heterocycles. The maximum absolute atomic E-state index is 14.2. The molecule has 162 valence electrons. The van der Waals surface area contributed by atoms with Crippen LogP contribution in [0, 0.1) is 5.92 Å². The second-order valence-electron chi connectivity index (χ2n) is 6.49. The molecule has 1 aliphatic rings. The number of rotatable bonds is 5. The van der Waals surface area contributed by atoms with Crippen LogP contribution in [0.25, 0.3) is 0 Å². The molecule has 27 heavy (non-hydrogen) atoms. The Morgan fingerprint density at radius 2 is 1.07 bits per heavy atom. The molecular formula is C13H12F13I. The quantitative estimate of drug-likeness (QED) is 0.198. The van der Waals surface area contributed by atoms with E-state index in [9.17, 15) is 57.1 Å². The van der Waals surface area contributed by atoms with Crippen molar-refractivity contribution in [3.63, 3.8) is 0 Å². The van der Waals surface area contributed by atoms with E-state index >= 15 is 0 Å². The smallest absolute Gasteiger partial charge is 0.199 e. The highest BCUT2D eigenvalue weighted by Gasteiger charge is 2.91. The lowest BCUT2D eigenvalue weighted by Gasteiger charge is -2.46. The lowest BCUT2D eigenvalue weighted by Crippen LogP contribution is -2.71. The molecule has 0 bridgehead atoms. The van der Waals surface area contributed by atoms with Gasteiger partial charge in [0.2, 0.25) is 0 Å². The highest BCUT2D eigenvalue weighted by atomic mass is 127. The minimum atomic E-state index is -7.83. The fourth-order valence-corrected chi connectivity index (χ4v) is 3.94. The molecule has 0 aromatic carbocycles. The molecule has 0 aromatic heterocycles. The monoisotopic (exact) mass is 542 g/mol. The minimum absolute atomic E-state index is 0.171. The van der Waals surface area contributed by atoms with Gasteiger partial charge in [0.25, 0.3) is 0 Å². The molecule has 1 fully saturated rings. The van der Waals surface area contributed by atoms with Crippen LogP contribution in [0.3, 0.4) is 0 Å². The third kappa shape index (κ3) is 3.49. The van der Waals surface area contributed by atoms with Crippen molar-refractivity contribution in [2.45, 2.75) is 71.8 Å². The fourth-order valence-electron chi connectivity index (χ4n) is 2.85. The summed E-state index contributed by atoms with van der Waals surface area (Å²) in [5, 5.41) is 0. The number of hydrogen-bond acceptors (Lipinski definition) is 0. The van der Waals surface area contributed by atoms with Crippen LogP contribution in [-0.2, 0) is 0 Å². The average Bonchev–Trinajstić information content (AvgIpc) is 2.44. The minimum Gasteiger partial charge on any atom is -0.199 e. The average molecular weight is 542 g/mol. The second kappa shape index (κ2) is 6.67. The molecule has 2 atom stereocenters. The first kappa shape index (κ1) is 24.9. The van der Waals surface area contributed by atoms with E-state index in [2.05, 4.69) is 0 Å². The summed E-state index contributed by atoms with van der Waals surface area (Å²) in [7, 11) is 0. The van der Waals surface area contributed by atoms with E-state index in [-0.39, 0.29) is 19.3 Å². The molecule has 14 heteroatoms. The number of hydrogen-bond donors (Lipinski definition) is 0. The summed E-state index contributed by atoms with van der Waals surface area (Å²) in [5.74, 6) is -39.0. The van der Waals surface area contributed by atoms with E-state index in [0.29, 0.717) is 0 Å². The van der Waals surface area contributed by atoms with Crippen LogP contribution < -0.4 is 0 Å². The third-order valence-electron chi connectivity index (χ3n) is 4.53. The predicted octanol–water partition coefficient (Wildman–Crippen LogP) is 7.11. The van der Waals surface area contributed by atoms with Crippen molar-refractivity contribution in [1.82, 2.24) is 0 Å². The summed E-state index contributed by atoms with van der Waals surface area (Å²) in [6.45, 7) is 0.946. The van der Waals surface area contributed by atoms with Gasteiger partial charge >= 0.3 is 35.8 Å². The van der Waals surface area contributed by atoms with E-state index in [1.165, 1.54) is 22.6 Å². The van der Waals surface area contributed by atoms with Crippen molar-refractivity contribution in [3.05, 3.63) is 0 Å². The topological polar surface area (TPSA) is 0 Å². The van der Waals surface area contributed by atoms with Gasteiger partial charge in [-0.25, -0.2) is 0 Å². The van der Waals surface area contributed by atoms with Crippen molar-refractivity contribution in [1.29, 1.82) is 0 Å². The van der Waals surface area contributed by atoms with Gasteiger partial charge in [-0.3, -0.25) is 0 Å². The van der Waals surface area contributed by atoms with E-state index < -0.39 is 51.5 Å². The van der Waals surface area contributed by atoms with Crippen LogP contribution in [-0.4, -0.2) is 39.2 Å². The maximum Gasteiger partial charge on any atom is 0.460 e. The van der Waals surface area contributed by atoms with Gasteiger partial charge in [-0.15, -0.1) is 0 Å². The second-order valence-corrected chi connectivity index (χ2v) is 8.96. The van der Waals surface area contributed by atoms with Crippen molar-refractivity contribution < 1.29 is 57.1 Å². The van der Waals surface area contributed by atoms with Gasteiger partial charge in [-0.2, -0.15) is 57.1 Å². The van der Waals surface area contributed by atoms with Crippen LogP contribution in [0.2, 0.25) is 0 Å². The van der Waals surface area contributed by atoms with Crippen LogP contribution in [0.1, 0.15) is 32.6 Å². The van der Waals surface area contributed by atoms with Crippen LogP contribution in [0.5, 0.6) is 0 Å². The third-order valence-corrected chi connectivity index (χ3v) is 5.82. The molecule has 0 aromatic rings. The highest BCUT2D eigenvalue weighted by molar-refractivity contribution is 14.1. The molecule has 1 aliphatic carbocycles. The van der Waals surface area contributed by atoms with Gasteiger partial charge in [-0.1, -0.05) is 42.4 Å². The zero-order valence-electron chi connectivity index (χ0n) is 13.2. The summed E-state index contributed by atoms with van der Waals surface area (Å²) in [5.41, 5.74) is 0. The lowest BCUT2D eigenvalue weighted by molar-refractivity contribution is -0.443. The molecule has 0 N–H and O–H groups in total. The van der Waals surface area contributed by atoms with Gasteiger partial charge in [-0.05, 0) is 12.8 Å². The number of halogens is 14. The van der Waals surface area contributed by atoms with Gasteiger partial charge in [0.15, 0.2) is 0 Å². The van der Waals surface area contributed by atoms with Gasteiger partial charge in [0.1, 0.15) is 0 Å². The van der Waals surface area contributed by atoms with Crippen molar-refractivity contribution in [2.75, 3.05) is 0 Å². The van der Waals surface area contributed by atoms with E-state index in [0.717, 1.165) is 6.92 Å². The van der Waals surface area contributed by atoms with Crippen molar-refractivity contribution >= 4 is 22.6 Å². The molecule has 0 radical (unpaired) electrons. The van der Waals surface area contributed by atoms with Gasteiger partial charge in [0.05, 0.1) is 0 Å². The predicted molar refractivity (Wildman–Crippen MR) is 75.2 cm³/mol. The Morgan fingerprint density at radius 3 is 1.44 bits per heavy atom. The van der Waals surface area contributed by atoms with E-state index in [1.54, 1.807) is 0 Å². The summed E-state index contributed by atoms with van der Waals surface area (Å²) < 4.78 is 169. The molecule has 0 aliphatic heterocycles. The van der Waals surface area contributed by atoms with Crippen molar-refractivity contribution in [2.24, 2.45) is 5.92 Å². The van der Waals surface area contributed by atoms with Crippen LogP contribution >= 0.6 is 22.6 Å². The normalized spacial score (nSPS) is 27.0.